The van der Waals surface area contributed by atoms with E-state index in [4.69, 9.17) is 11.0 Å². The molecule has 2 atom stereocenters. The van der Waals surface area contributed by atoms with E-state index in [0.717, 1.165) is 45.3 Å². The Hall–Kier alpha value is -2.39. The van der Waals surface area contributed by atoms with Crippen molar-refractivity contribution in [3.8, 4) is 6.07 Å². The number of likely N-dealkylation sites (tertiary alicyclic amines) is 1. The zero-order valence-electron chi connectivity index (χ0n) is 14.7. The van der Waals surface area contributed by atoms with Gasteiger partial charge < -0.3 is 15.5 Å². The summed E-state index contributed by atoms with van der Waals surface area (Å²) in [5.74, 6) is 0.171. The van der Waals surface area contributed by atoms with Crippen molar-refractivity contribution in [1.82, 2.24) is 9.80 Å². The number of hydrogen-bond acceptors (Lipinski definition) is 4. The summed E-state index contributed by atoms with van der Waals surface area (Å²) in [7, 11) is 0. The standard InChI is InChI=1S/C13H18N2O.C6H8N2O/c1-10(14)8-13(16)15-7-6-11-4-2-3-5-12(11)9-15;7-4-6-2-1-3-8(6)5-9/h2-5,10H,6-9,14H2,1H3;5-6H,1-3H2. The Morgan fingerprint density at radius 2 is 2.12 bits per heavy atom. The molecule has 0 aromatic heterocycles. The van der Waals surface area contributed by atoms with E-state index in [-0.39, 0.29) is 18.0 Å². The molecule has 6 heteroatoms. The minimum Gasteiger partial charge on any atom is -0.338 e. The molecular weight excluding hydrogens is 316 g/mol. The number of nitrogens with zero attached hydrogens (tertiary/aromatic N) is 3. The summed E-state index contributed by atoms with van der Waals surface area (Å²) in [5, 5.41) is 8.42. The van der Waals surface area contributed by atoms with Gasteiger partial charge in [0.05, 0.1) is 6.07 Å². The Morgan fingerprint density at radius 3 is 2.72 bits per heavy atom. The Morgan fingerprint density at radius 1 is 1.40 bits per heavy atom. The second kappa shape index (κ2) is 9.19. The molecule has 1 aromatic rings. The maximum Gasteiger partial charge on any atom is 0.224 e. The molecule has 6 nitrogen and oxygen atoms in total. The second-order valence-electron chi connectivity index (χ2n) is 6.65. The third kappa shape index (κ3) is 5.30. The summed E-state index contributed by atoms with van der Waals surface area (Å²) in [6.07, 6.45) is 3.97. The predicted molar refractivity (Wildman–Crippen MR) is 95.2 cm³/mol. The maximum atomic E-state index is 11.9. The van der Waals surface area contributed by atoms with Crippen molar-refractivity contribution in [3.05, 3.63) is 35.4 Å². The Labute approximate surface area is 149 Å². The van der Waals surface area contributed by atoms with E-state index in [9.17, 15) is 9.59 Å². The monoisotopic (exact) mass is 342 g/mol. The molecule has 2 aliphatic heterocycles. The molecule has 3 rings (SSSR count). The number of amides is 2. The minimum absolute atomic E-state index is 0.0512. The second-order valence-corrected chi connectivity index (χ2v) is 6.65. The molecule has 2 N–H and O–H groups in total. The molecule has 0 aliphatic carbocycles. The Kier molecular flexibility index (Phi) is 6.96. The fraction of sp³-hybridized carbons (Fsp3) is 0.526. The Bertz CT molecular complexity index is 639. The van der Waals surface area contributed by atoms with Crippen LogP contribution in [0.2, 0.25) is 0 Å². The molecule has 0 bridgehead atoms. The van der Waals surface area contributed by atoms with Crippen LogP contribution in [0.25, 0.3) is 0 Å². The first-order valence-electron chi connectivity index (χ1n) is 8.76. The highest BCUT2D eigenvalue weighted by atomic mass is 16.2. The number of hydrogen-bond donors (Lipinski definition) is 1. The highest BCUT2D eigenvalue weighted by Gasteiger charge is 2.22. The van der Waals surface area contributed by atoms with E-state index < -0.39 is 0 Å². The number of nitrogens with two attached hydrogens (primary N) is 1. The van der Waals surface area contributed by atoms with Crippen LogP contribution in [-0.4, -0.2) is 47.3 Å². The molecule has 2 aliphatic rings. The van der Waals surface area contributed by atoms with Crippen molar-refractivity contribution >= 4 is 12.3 Å². The van der Waals surface area contributed by atoms with Crippen LogP contribution in [-0.2, 0) is 22.6 Å². The summed E-state index contributed by atoms with van der Waals surface area (Å²) < 4.78 is 0. The van der Waals surface area contributed by atoms with E-state index in [1.807, 2.05) is 17.9 Å². The van der Waals surface area contributed by atoms with Gasteiger partial charge in [-0.3, -0.25) is 9.59 Å². The molecule has 0 radical (unpaired) electrons. The van der Waals surface area contributed by atoms with Gasteiger partial charge in [-0.25, -0.2) is 0 Å². The molecule has 1 fully saturated rings. The van der Waals surface area contributed by atoms with E-state index in [2.05, 4.69) is 24.3 Å². The van der Waals surface area contributed by atoms with Crippen molar-refractivity contribution in [2.45, 2.75) is 51.2 Å². The summed E-state index contributed by atoms with van der Waals surface area (Å²) >= 11 is 0. The van der Waals surface area contributed by atoms with Crippen molar-refractivity contribution in [1.29, 1.82) is 5.26 Å². The van der Waals surface area contributed by atoms with Gasteiger partial charge in [0.25, 0.3) is 0 Å². The first-order valence-corrected chi connectivity index (χ1v) is 8.76. The molecule has 0 saturated carbocycles. The Balaban J connectivity index is 0.000000212. The van der Waals surface area contributed by atoms with Gasteiger partial charge in [-0.2, -0.15) is 5.26 Å². The third-order valence-corrected chi connectivity index (χ3v) is 4.56. The fourth-order valence-corrected chi connectivity index (χ4v) is 3.17. The molecule has 2 unspecified atom stereocenters. The van der Waals surface area contributed by atoms with Gasteiger partial charge >= 0.3 is 0 Å². The lowest BCUT2D eigenvalue weighted by Crippen LogP contribution is -2.38. The average Bonchev–Trinajstić information content (AvgIpc) is 3.09. The molecule has 1 saturated heterocycles. The summed E-state index contributed by atoms with van der Waals surface area (Å²) in [6, 6.07) is 10.2. The third-order valence-electron chi connectivity index (χ3n) is 4.56. The van der Waals surface area contributed by atoms with E-state index in [1.165, 1.54) is 11.1 Å². The minimum atomic E-state index is -0.150. The normalized spacial score (nSPS) is 20.0. The quantitative estimate of drug-likeness (QED) is 0.842. The molecule has 1 aromatic carbocycles. The number of rotatable bonds is 3. The number of carbonyl (C=O) groups is 2. The van der Waals surface area contributed by atoms with E-state index in [1.54, 1.807) is 4.90 Å². The SMILES string of the molecule is CC(N)CC(=O)N1CCc2ccccc2C1.N#CC1CCCN1C=O. The lowest BCUT2D eigenvalue weighted by atomic mass is 9.99. The predicted octanol–water partition coefficient (Wildman–Crippen LogP) is 1.44. The smallest absolute Gasteiger partial charge is 0.224 e. The van der Waals surface area contributed by atoms with Crippen molar-refractivity contribution in [3.63, 3.8) is 0 Å². The number of carbonyl (C=O) groups excluding carboxylic acids is 2. The van der Waals surface area contributed by atoms with Crippen LogP contribution in [0.4, 0.5) is 0 Å². The number of benzene rings is 1. The van der Waals surface area contributed by atoms with Gasteiger partial charge in [0.1, 0.15) is 6.04 Å². The van der Waals surface area contributed by atoms with Crippen molar-refractivity contribution in [2.75, 3.05) is 13.1 Å². The fourth-order valence-electron chi connectivity index (χ4n) is 3.17. The highest BCUT2D eigenvalue weighted by Crippen LogP contribution is 2.19. The number of nitriles is 1. The van der Waals surface area contributed by atoms with E-state index in [0.29, 0.717) is 6.42 Å². The lowest BCUT2D eigenvalue weighted by molar-refractivity contribution is -0.132. The van der Waals surface area contributed by atoms with Crippen LogP contribution >= 0.6 is 0 Å². The van der Waals surface area contributed by atoms with Gasteiger partial charge in [-0.1, -0.05) is 24.3 Å². The van der Waals surface area contributed by atoms with Gasteiger partial charge in [-0.05, 0) is 37.3 Å². The first kappa shape index (κ1) is 18.9. The van der Waals surface area contributed by atoms with Crippen LogP contribution in [0.15, 0.2) is 24.3 Å². The van der Waals surface area contributed by atoms with Gasteiger partial charge in [0.15, 0.2) is 0 Å². The molecule has 25 heavy (non-hydrogen) atoms. The molecular formula is C19H26N4O2. The van der Waals surface area contributed by atoms with Gasteiger partial charge in [0, 0.05) is 32.1 Å². The molecule has 0 spiro atoms. The van der Waals surface area contributed by atoms with Crippen LogP contribution in [0.3, 0.4) is 0 Å². The zero-order chi connectivity index (χ0) is 18.2. The summed E-state index contributed by atoms with van der Waals surface area (Å²) in [6.45, 7) is 4.18. The van der Waals surface area contributed by atoms with Crippen LogP contribution in [0, 0.1) is 11.3 Å². The summed E-state index contributed by atoms with van der Waals surface area (Å²) in [4.78, 5) is 25.5. The molecule has 2 heterocycles. The van der Waals surface area contributed by atoms with Gasteiger partial charge in [-0.15, -0.1) is 0 Å². The average molecular weight is 342 g/mol. The topological polar surface area (TPSA) is 90.4 Å². The van der Waals surface area contributed by atoms with Gasteiger partial charge in [0.2, 0.25) is 12.3 Å². The van der Waals surface area contributed by atoms with Crippen LogP contribution in [0.5, 0.6) is 0 Å². The number of fused-ring (bicyclic) bond motifs is 1. The van der Waals surface area contributed by atoms with Crippen molar-refractivity contribution in [2.24, 2.45) is 5.73 Å². The van der Waals surface area contributed by atoms with Crippen LogP contribution < -0.4 is 5.73 Å². The van der Waals surface area contributed by atoms with Crippen LogP contribution in [0.1, 0.15) is 37.3 Å². The molecule has 2 amide bonds. The lowest BCUT2D eigenvalue weighted by Gasteiger charge is -2.29. The van der Waals surface area contributed by atoms with Crippen molar-refractivity contribution < 1.29 is 9.59 Å². The summed E-state index contributed by atoms with van der Waals surface area (Å²) in [5.41, 5.74) is 8.29. The molecule has 134 valence electrons. The van der Waals surface area contributed by atoms with E-state index >= 15 is 0 Å². The largest absolute Gasteiger partial charge is 0.338 e. The first-order chi connectivity index (χ1) is 12.0. The highest BCUT2D eigenvalue weighted by molar-refractivity contribution is 5.77. The maximum absolute atomic E-state index is 11.9. The zero-order valence-corrected chi connectivity index (χ0v) is 14.7.